The summed E-state index contributed by atoms with van der Waals surface area (Å²) in [5.74, 6) is 4.79. The Morgan fingerprint density at radius 1 is 1.47 bits per heavy atom. The van der Waals surface area contributed by atoms with Gasteiger partial charge in [0.2, 0.25) is 0 Å². The number of nitrogens with zero attached hydrogens (tertiary/aromatic N) is 2. The molecule has 1 aliphatic heterocycles. The second kappa shape index (κ2) is 4.59. The van der Waals surface area contributed by atoms with Crippen molar-refractivity contribution in [3.8, 4) is 0 Å². The highest BCUT2D eigenvalue weighted by atomic mass is 32.1. The standard InChI is InChI=1S/C9H14N4OS/c10-12-8(14)7-6-11-9(15-7)13-4-2-1-3-5-13/h6H,1-5,10H2,(H,12,14). The van der Waals surface area contributed by atoms with Crippen molar-refractivity contribution in [3.63, 3.8) is 0 Å². The lowest BCUT2D eigenvalue weighted by atomic mass is 10.1. The molecule has 0 radical (unpaired) electrons. The van der Waals surface area contributed by atoms with Gasteiger partial charge in [-0.1, -0.05) is 11.3 Å². The highest BCUT2D eigenvalue weighted by Gasteiger charge is 2.16. The zero-order valence-corrected chi connectivity index (χ0v) is 9.22. The van der Waals surface area contributed by atoms with E-state index < -0.39 is 0 Å². The molecule has 0 aromatic carbocycles. The van der Waals surface area contributed by atoms with Crippen molar-refractivity contribution in [2.45, 2.75) is 19.3 Å². The van der Waals surface area contributed by atoms with Gasteiger partial charge in [0, 0.05) is 13.1 Å². The molecule has 1 aliphatic rings. The molecule has 0 bridgehead atoms. The van der Waals surface area contributed by atoms with E-state index in [0.717, 1.165) is 18.2 Å². The SMILES string of the molecule is NNC(=O)c1cnc(N2CCCCC2)s1. The summed E-state index contributed by atoms with van der Waals surface area (Å²) in [6.45, 7) is 2.08. The molecule has 3 N–H and O–H groups in total. The second-order valence-corrected chi connectivity index (χ2v) is 4.54. The Morgan fingerprint density at radius 2 is 2.20 bits per heavy atom. The molecule has 1 fully saturated rings. The van der Waals surface area contributed by atoms with Crippen molar-refractivity contribution >= 4 is 22.4 Å². The lowest BCUT2D eigenvalue weighted by Gasteiger charge is -2.25. The maximum absolute atomic E-state index is 11.2. The van der Waals surface area contributed by atoms with Crippen molar-refractivity contribution in [1.82, 2.24) is 10.4 Å². The van der Waals surface area contributed by atoms with Gasteiger partial charge in [-0.25, -0.2) is 10.8 Å². The summed E-state index contributed by atoms with van der Waals surface area (Å²) in [5.41, 5.74) is 2.11. The number of hydrazine groups is 1. The highest BCUT2D eigenvalue weighted by Crippen LogP contribution is 2.25. The molecule has 0 unspecified atom stereocenters. The van der Waals surface area contributed by atoms with Crippen molar-refractivity contribution in [2.24, 2.45) is 5.84 Å². The summed E-state index contributed by atoms with van der Waals surface area (Å²) < 4.78 is 0. The van der Waals surface area contributed by atoms with E-state index in [9.17, 15) is 4.79 Å². The molecule has 6 heteroatoms. The minimum atomic E-state index is -0.268. The zero-order chi connectivity index (χ0) is 10.7. The molecule has 5 nitrogen and oxygen atoms in total. The minimum absolute atomic E-state index is 0.268. The summed E-state index contributed by atoms with van der Waals surface area (Å²) >= 11 is 1.39. The number of nitrogens with one attached hydrogen (secondary N) is 1. The number of carbonyl (C=O) groups is 1. The minimum Gasteiger partial charge on any atom is -0.348 e. The number of piperidine rings is 1. The van der Waals surface area contributed by atoms with E-state index in [1.54, 1.807) is 6.20 Å². The highest BCUT2D eigenvalue weighted by molar-refractivity contribution is 7.17. The van der Waals surface area contributed by atoms with Gasteiger partial charge in [-0.2, -0.15) is 0 Å². The van der Waals surface area contributed by atoms with E-state index >= 15 is 0 Å². The first kappa shape index (κ1) is 10.4. The summed E-state index contributed by atoms with van der Waals surface area (Å²) in [5, 5.41) is 0.924. The molecule has 1 amide bonds. The number of thiazole rings is 1. The van der Waals surface area contributed by atoms with E-state index in [0.29, 0.717) is 4.88 Å². The van der Waals surface area contributed by atoms with Crippen LogP contribution in [0.15, 0.2) is 6.20 Å². The maximum atomic E-state index is 11.2. The number of hydrogen-bond donors (Lipinski definition) is 2. The van der Waals surface area contributed by atoms with Crippen LogP contribution in [0.3, 0.4) is 0 Å². The van der Waals surface area contributed by atoms with Crippen molar-refractivity contribution < 1.29 is 4.79 Å². The summed E-state index contributed by atoms with van der Waals surface area (Å²) in [4.78, 5) is 18.3. The van der Waals surface area contributed by atoms with Gasteiger partial charge < -0.3 is 4.90 Å². The van der Waals surface area contributed by atoms with Crippen LogP contribution >= 0.6 is 11.3 Å². The number of amides is 1. The number of aromatic nitrogens is 1. The second-order valence-electron chi connectivity index (χ2n) is 3.53. The lowest BCUT2D eigenvalue weighted by molar-refractivity contribution is 0.0957. The third kappa shape index (κ3) is 2.27. The Morgan fingerprint density at radius 3 is 2.87 bits per heavy atom. The van der Waals surface area contributed by atoms with Crippen LogP contribution in [0.5, 0.6) is 0 Å². The Bertz CT molecular complexity index is 346. The molecule has 1 saturated heterocycles. The van der Waals surface area contributed by atoms with Gasteiger partial charge in [0.1, 0.15) is 4.88 Å². The van der Waals surface area contributed by atoms with Gasteiger partial charge in [0.05, 0.1) is 6.20 Å². The van der Waals surface area contributed by atoms with Gasteiger partial charge in [-0.3, -0.25) is 10.2 Å². The molecule has 1 aromatic heterocycles. The topological polar surface area (TPSA) is 71.2 Å². The number of nitrogens with two attached hydrogens (primary N) is 1. The molecular weight excluding hydrogens is 212 g/mol. The van der Waals surface area contributed by atoms with E-state index in [1.165, 1.54) is 30.6 Å². The van der Waals surface area contributed by atoms with Crippen LogP contribution in [-0.2, 0) is 0 Å². The van der Waals surface area contributed by atoms with E-state index in [4.69, 9.17) is 5.84 Å². The normalized spacial score (nSPS) is 16.5. The molecule has 2 rings (SSSR count). The van der Waals surface area contributed by atoms with Gasteiger partial charge in [-0.15, -0.1) is 0 Å². The predicted octanol–water partition coefficient (Wildman–Crippen LogP) is 0.737. The number of anilines is 1. The molecule has 0 spiro atoms. The molecule has 0 saturated carbocycles. The molecule has 15 heavy (non-hydrogen) atoms. The van der Waals surface area contributed by atoms with E-state index in [1.807, 2.05) is 0 Å². The smallest absolute Gasteiger partial charge is 0.276 e. The van der Waals surface area contributed by atoms with Crippen LogP contribution in [0.1, 0.15) is 28.9 Å². The average molecular weight is 226 g/mol. The van der Waals surface area contributed by atoms with E-state index in [-0.39, 0.29) is 5.91 Å². The maximum Gasteiger partial charge on any atom is 0.276 e. The van der Waals surface area contributed by atoms with E-state index in [2.05, 4.69) is 15.3 Å². The third-order valence-corrected chi connectivity index (χ3v) is 3.53. The van der Waals surface area contributed by atoms with Crippen LogP contribution in [-0.4, -0.2) is 24.0 Å². The first-order valence-corrected chi connectivity index (χ1v) is 5.84. The van der Waals surface area contributed by atoms with Crippen molar-refractivity contribution in [3.05, 3.63) is 11.1 Å². The van der Waals surface area contributed by atoms with Gasteiger partial charge in [-0.05, 0) is 19.3 Å². The molecule has 82 valence electrons. The molecule has 1 aromatic rings. The predicted molar refractivity (Wildman–Crippen MR) is 59.8 cm³/mol. The summed E-state index contributed by atoms with van der Waals surface area (Å²) in [6, 6.07) is 0. The fourth-order valence-electron chi connectivity index (χ4n) is 1.67. The number of hydrogen-bond acceptors (Lipinski definition) is 5. The first-order valence-electron chi connectivity index (χ1n) is 5.03. The zero-order valence-electron chi connectivity index (χ0n) is 8.40. The van der Waals surface area contributed by atoms with Gasteiger partial charge in [0.25, 0.3) is 5.91 Å². The average Bonchev–Trinajstić information content (AvgIpc) is 2.78. The number of nitrogen functional groups attached to an aromatic ring is 1. The monoisotopic (exact) mass is 226 g/mol. The molecule has 0 atom stereocenters. The Hall–Kier alpha value is -1.14. The van der Waals surface area contributed by atoms with Crippen LogP contribution in [0.2, 0.25) is 0 Å². The van der Waals surface area contributed by atoms with Crippen LogP contribution < -0.4 is 16.2 Å². The third-order valence-electron chi connectivity index (χ3n) is 2.47. The molecule has 2 heterocycles. The number of carbonyl (C=O) groups excluding carboxylic acids is 1. The van der Waals surface area contributed by atoms with Crippen LogP contribution in [0.4, 0.5) is 5.13 Å². The Balaban J connectivity index is 2.08. The quantitative estimate of drug-likeness (QED) is 0.443. The van der Waals surface area contributed by atoms with Crippen LogP contribution in [0.25, 0.3) is 0 Å². The Labute approximate surface area is 92.3 Å². The largest absolute Gasteiger partial charge is 0.348 e. The first-order chi connectivity index (χ1) is 7.31. The Kier molecular flexibility index (Phi) is 3.17. The molecular formula is C9H14N4OS. The number of rotatable bonds is 2. The van der Waals surface area contributed by atoms with Gasteiger partial charge >= 0.3 is 0 Å². The summed E-state index contributed by atoms with van der Waals surface area (Å²) in [6.07, 6.45) is 5.28. The fraction of sp³-hybridized carbons (Fsp3) is 0.556. The molecule has 0 aliphatic carbocycles. The van der Waals surface area contributed by atoms with Crippen LogP contribution in [0, 0.1) is 0 Å². The summed E-state index contributed by atoms with van der Waals surface area (Å²) in [7, 11) is 0. The lowest BCUT2D eigenvalue weighted by Crippen LogP contribution is -2.29. The van der Waals surface area contributed by atoms with Crippen molar-refractivity contribution in [2.75, 3.05) is 18.0 Å². The van der Waals surface area contributed by atoms with Crippen molar-refractivity contribution in [1.29, 1.82) is 0 Å². The fourth-order valence-corrected chi connectivity index (χ4v) is 2.54. The van der Waals surface area contributed by atoms with Gasteiger partial charge in [0.15, 0.2) is 5.13 Å².